The van der Waals surface area contributed by atoms with Gasteiger partial charge >= 0.3 is 5.97 Å². The van der Waals surface area contributed by atoms with Gasteiger partial charge in [-0.1, -0.05) is 36.3 Å². The maximum absolute atomic E-state index is 11.5. The Balaban J connectivity index is 2.82. The highest BCUT2D eigenvalue weighted by molar-refractivity contribution is 5.77. The number of ether oxygens (including phenoxy) is 1. The molecule has 1 atom stereocenters. The number of methoxy groups -OCH3 is 1. The average Bonchev–Trinajstić information content (AvgIpc) is 2.30. The molecule has 3 heteroatoms. The Morgan fingerprint density at radius 2 is 2.20 bits per heavy atom. The van der Waals surface area contributed by atoms with E-state index in [9.17, 15) is 4.79 Å². The first-order valence-electron chi connectivity index (χ1n) is 4.59. The highest BCUT2D eigenvalue weighted by atomic mass is 16.5. The molecule has 15 heavy (non-hydrogen) atoms. The van der Waals surface area contributed by atoms with Crippen LogP contribution >= 0.6 is 0 Å². The SMILES string of the molecule is C#CCN[C@H](C(=O)OC)c1ccccc1. The summed E-state index contributed by atoms with van der Waals surface area (Å²) in [6.45, 7) is 0.328. The molecule has 0 unspecified atom stereocenters. The van der Waals surface area contributed by atoms with Crippen molar-refractivity contribution in [1.82, 2.24) is 5.32 Å². The van der Waals surface area contributed by atoms with Crippen LogP contribution in [0.25, 0.3) is 0 Å². The van der Waals surface area contributed by atoms with Crippen molar-refractivity contribution >= 4 is 5.97 Å². The molecule has 0 spiro atoms. The number of hydrogen-bond donors (Lipinski definition) is 1. The van der Waals surface area contributed by atoms with Crippen LogP contribution in [-0.4, -0.2) is 19.6 Å². The first kappa shape index (κ1) is 11.3. The van der Waals surface area contributed by atoms with Gasteiger partial charge in [-0.3, -0.25) is 5.32 Å². The Hall–Kier alpha value is -1.79. The van der Waals surface area contributed by atoms with Gasteiger partial charge in [0.25, 0.3) is 0 Å². The van der Waals surface area contributed by atoms with Crippen LogP contribution in [0.15, 0.2) is 30.3 Å². The van der Waals surface area contributed by atoms with Crippen LogP contribution in [0.5, 0.6) is 0 Å². The lowest BCUT2D eigenvalue weighted by atomic mass is 10.1. The lowest BCUT2D eigenvalue weighted by Crippen LogP contribution is -2.29. The molecule has 0 bridgehead atoms. The molecule has 0 heterocycles. The molecular formula is C12H13NO2. The number of benzene rings is 1. The molecule has 1 aromatic carbocycles. The summed E-state index contributed by atoms with van der Waals surface area (Å²) in [5, 5.41) is 2.93. The number of carbonyl (C=O) groups is 1. The van der Waals surface area contributed by atoms with Gasteiger partial charge in [-0.05, 0) is 5.56 Å². The van der Waals surface area contributed by atoms with Crippen LogP contribution in [-0.2, 0) is 9.53 Å². The van der Waals surface area contributed by atoms with Gasteiger partial charge in [0.1, 0.15) is 6.04 Å². The van der Waals surface area contributed by atoms with E-state index in [1.165, 1.54) is 7.11 Å². The predicted octanol–water partition coefficient (Wildman–Crippen LogP) is 1.12. The van der Waals surface area contributed by atoms with Gasteiger partial charge in [-0.2, -0.15) is 0 Å². The van der Waals surface area contributed by atoms with Crippen molar-refractivity contribution in [1.29, 1.82) is 0 Å². The smallest absolute Gasteiger partial charge is 0.327 e. The van der Waals surface area contributed by atoms with Crippen molar-refractivity contribution in [3.63, 3.8) is 0 Å². The van der Waals surface area contributed by atoms with E-state index < -0.39 is 6.04 Å². The van der Waals surface area contributed by atoms with Crippen LogP contribution in [0.3, 0.4) is 0 Å². The number of terminal acetylenes is 1. The van der Waals surface area contributed by atoms with Crippen molar-refractivity contribution in [3.05, 3.63) is 35.9 Å². The second-order valence-electron chi connectivity index (χ2n) is 2.95. The zero-order valence-corrected chi connectivity index (χ0v) is 8.57. The monoisotopic (exact) mass is 203 g/mol. The molecule has 0 radical (unpaired) electrons. The third kappa shape index (κ3) is 3.12. The summed E-state index contributed by atoms with van der Waals surface area (Å²) < 4.78 is 4.69. The quantitative estimate of drug-likeness (QED) is 0.588. The first-order valence-corrected chi connectivity index (χ1v) is 4.59. The fourth-order valence-electron chi connectivity index (χ4n) is 1.26. The molecule has 0 aliphatic rings. The maximum Gasteiger partial charge on any atom is 0.327 e. The summed E-state index contributed by atoms with van der Waals surface area (Å²) in [6, 6.07) is 8.83. The van der Waals surface area contributed by atoms with Crippen molar-refractivity contribution < 1.29 is 9.53 Å². The Kier molecular flexibility index (Phi) is 4.39. The highest BCUT2D eigenvalue weighted by Gasteiger charge is 2.19. The molecule has 0 aliphatic heterocycles. The summed E-state index contributed by atoms with van der Waals surface area (Å²) in [6.07, 6.45) is 5.13. The zero-order chi connectivity index (χ0) is 11.1. The van der Waals surface area contributed by atoms with Gasteiger partial charge in [0.15, 0.2) is 0 Å². The number of nitrogens with one attached hydrogen (secondary N) is 1. The van der Waals surface area contributed by atoms with Crippen molar-refractivity contribution in [3.8, 4) is 12.3 Å². The molecule has 78 valence electrons. The summed E-state index contributed by atoms with van der Waals surface area (Å²) in [4.78, 5) is 11.5. The fourth-order valence-corrected chi connectivity index (χ4v) is 1.26. The van der Waals surface area contributed by atoms with Gasteiger partial charge in [-0.25, -0.2) is 4.79 Å². The van der Waals surface area contributed by atoms with Crippen LogP contribution in [0.1, 0.15) is 11.6 Å². The minimum absolute atomic E-state index is 0.328. The second-order valence-corrected chi connectivity index (χ2v) is 2.95. The lowest BCUT2D eigenvalue weighted by Gasteiger charge is -2.14. The first-order chi connectivity index (χ1) is 7.29. The largest absolute Gasteiger partial charge is 0.468 e. The third-order valence-corrected chi connectivity index (χ3v) is 1.98. The molecule has 0 aliphatic carbocycles. The predicted molar refractivity (Wildman–Crippen MR) is 58.0 cm³/mol. The van der Waals surface area contributed by atoms with Crippen LogP contribution in [0, 0.1) is 12.3 Å². The summed E-state index contributed by atoms with van der Waals surface area (Å²) in [5.74, 6) is 2.09. The van der Waals surface area contributed by atoms with E-state index in [4.69, 9.17) is 11.2 Å². The number of esters is 1. The highest BCUT2D eigenvalue weighted by Crippen LogP contribution is 2.13. The normalized spacial score (nSPS) is 11.5. The molecule has 1 rings (SSSR count). The molecule has 0 fully saturated rings. The minimum Gasteiger partial charge on any atom is -0.468 e. The molecule has 0 saturated heterocycles. The molecular weight excluding hydrogens is 190 g/mol. The fraction of sp³-hybridized carbons (Fsp3) is 0.250. The number of carbonyl (C=O) groups excluding carboxylic acids is 1. The van der Waals surface area contributed by atoms with E-state index in [1.807, 2.05) is 30.3 Å². The lowest BCUT2D eigenvalue weighted by molar-refractivity contribution is -0.143. The van der Waals surface area contributed by atoms with Gasteiger partial charge in [0, 0.05) is 0 Å². The van der Waals surface area contributed by atoms with E-state index in [0.29, 0.717) is 6.54 Å². The molecule has 0 aromatic heterocycles. The average molecular weight is 203 g/mol. The minimum atomic E-state index is -0.493. The number of rotatable bonds is 4. The van der Waals surface area contributed by atoms with Gasteiger partial charge in [-0.15, -0.1) is 6.42 Å². The topological polar surface area (TPSA) is 38.3 Å². The summed E-state index contributed by atoms with van der Waals surface area (Å²) >= 11 is 0. The standard InChI is InChI=1S/C12H13NO2/c1-3-9-13-11(12(14)15-2)10-7-5-4-6-8-10/h1,4-8,11,13H,9H2,2H3/t11-/m0/s1. The molecule has 1 aromatic rings. The van der Waals surface area contributed by atoms with Gasteiger partial charge in [0.2, 0.25) is 0 Å². The number of hydrogen-bond acceptors (Lipinski definition) is 3. The van der Waals surface area contributed by atoms with E-state index >= 15 is 0 Å². The van der Waals surface area contributed by atoms with E-state index in [2.05, 4.69) is 11.2 Å². The van der Waals surface area contributed by atoms with E-state index in [0.717, 1.165) is 5.56 Å². The second kappa shape index (κ2) is 5.84. The van der Waals surface area contributed by atoms with Crippen molar-refractivity contribution in [2.45, 2.75) is 6.04 Å². The Bertz CT molecular complexity index is 354. The Morgan fingerprint density at radius 3 is 2.73 bits per heavy atom. The van der Waals surface area contributed by atoms with E-state index in [1.54, 1.807) is 0 Å². The molecule has 3 nitrogen and oxygen atoms in total. The van der Waals surface area contributed by atoms with Crippen LogP contribution < -0.4 is 5.32 Å². The third-order valence-electron chi connectivity index (χ3n) is 1.98. The van der Waals surface area contributed by atoms with Gasteiger partial charge < -0.3 is 4.74 Å². The van der Waals surface area contributed by atoms with Gasteiger partial charge in [0.05, 0.1) is 13.7 Å². The molecule has 1 N–H and O–H groups in total. The molecule has 0 saturated carbocycles. The zero-order valence-electron chi connectivity index (χ0n) is 8.57. The van der Waals surface area contributed by atoms with Crippen molar-refractivity contribution in [2.24, 2.45) is 0 Å². The Labute approximate surface area is 89.4 Å². The maximum atomic E-state index is 11.5. The van der Waals surface area contributed by atoms with Crippen LogP contribution in [0.4, 0.5) is 0 Å². The summed E-state index contributed by atoms with van der Waals surface area (Å²) in [5.41, 5.74) is 0.847. The van der Waals surface area contributed by atoms with E-state index in [-0.39, 0.29) is 5.97 Å². The Morgan fingerprint density at radius 1 is 1.53 bits per heavy atom. The summed E-state index contributed by atoms with van der Waals surface area (Å²) in [7, 11) is 1.36. The molecule has 0 amide bonds. The van der Waals surface area contributed by atoms with Crippen LogP contribution in [0.2, 0.25) is 0 Å². The van der Waals surface area contributed by atoms with Crippen molar-refractivity contribution in [2.75, 3.05) is 13.7 Å².